The van der Waals surface area contributed by atoms with Gasteiger partial charge in [0.25, 0.3) is 0 Å². The number of fused-ring (bicyclic) bond motifs is 4. The van der Waals surface area contributed by atoms with Gasteiger partial charge in [-0.1, -0.05) is 178 Å². The lowest BCUT2D eigenvalue weighted by Gasteiger charge is -2.26. The van der Waals surface area contributed by atoms with E-state index in [1.54, 1.807) is 0 Å². The van der Waals surface area contributed by atoms with Gasteiger partial charge in [-0.25, -0.2) is 0 Å². The molecule has 0 spiro atoms. The fourth-order valence-electron chi connectivity index (χ4n) is 10.8. The van der Waals surface area contributed by atoms with Crippen LogP contribution in [0.15, 0.2) is 212 Å². The maximum absolute atomic E-state index is 2.42. The molecule has 0 saturated heterocycles. The van der Waals surface area contributed by atoms with Crippen LogP contribution in [0.25, 0.3) is 71.6 Å². The Morgan fingerprint density at radius 1 is 0.492 bits per heavy atom. The van der Waals surface area contributed by atoms with Gasteiger partial charge in [0.2, 0.25) is 0 Å². The number of rotatable bonds is 10. The van der Waals surface area contributed by atoms with Gasteiger partial charge in [-0.3, -0.25) is 0 Å². The lowest BCUT2D eigenvalue weighted by molar-refractivity contribution is 0.410. The molecule has 3 unspecified atom stereocenters. The van der Waals surface area contributed by atoms with Crippen LogP contribution in [0.4, 0.5) is 17.1 Å². The normalized spacial score (nSPS) is 15.6. The Morgan fingerprint density at radius 3 is 1.68 bits per heavy atom. The van der Waals surface area contributed by atoms with Crippen LogP contribution >= 0.6 is 0 Å². The highest BCUT2D eigenvalue weighted by Gasteiger charge is 2.29. The van der Waals surface area contributed by atoms with Crippen LogP contribution in [-0.2, 0) is 0 Å². The second kappa shape index (κ2) is 16.6. The lowest BCUT2D eigenvalue weighted by atomic mass is 9.82. The quantitative estimate of drug-likeness (QED) is 0.134. The van der Waals surface area contributed by atoms with E-state index in [0.717, 1.165) is 34.6 Å². The van der Waals surface area contributed by atoms with Crippen molar-refractivity contribution >= 4 is 49.6 Å². The van der Waals surface area contributed by atoms with Crippen LogP contribution in [0, 0.1) is 11.8 Å². The van der Waals surface area contributed by atoms with Gasteiger partial charge in [-0.05, 0) is 141 Å². The fraction of sp³-hybridized carbons (Fsp3) is 0.148. The van der Waals surface area contributed by atoms with Gasteiger partial charge < -0.3 is 9.47 Å². The van der Waals surface area contributed by atoms with Crippen LogP contribution in [0.5, 0.6) is 0 Å². The molecule has 1 fully saturated rings. The molecule has 0 aliphatic heterocycles. The predicted molar refractivity (Wildman–Crippen MR) is 269 cm³/mol. The molecule has 63 heavy (non-hydrogen) atoms. The van der Waals surface area contributed by atoms with Crippen LogP contribution in [0.1, 0.15) is 51.0 Å². The van der Waals surface area contributed by atoms with Crippen molar-refractivity contribution in [1.29, 1.82) is 0 Å². The molecular formula is C61H52N2. The van der Waals surface area contributed by atoms with Crippen molar-refractivity contribution in [1.82, 2.24) is 4.57 Å². The molecule has 10 aromatic rings. The SMILES string of the molecule is CCC(c1ccc(-c2ccc(N(c3ccc(-c4cccc5cccc(-c6ccccc6)c45)cc3)c3ccc4c5ccccc5n(-c5ccccc5)c4c3)cc2)cc1)C1CCC(C)C1. The standard InChI is InChI=1S/C61H52N2/c1-3-54(49-25-24-42(2)40-49)46-28-26-43(27-29-46)44-30-34-51(35-31-44)62(53-38-39-58-57-20-10-11-23-59(57)63(60(58)41-53)50-18-8-5-9-19-50)52-36-32-47(33-37-52)56-22-13-17-48-16-12-21-55(61(48)56)45-14-6-4-7-15-45/h4-23,26-39,41-42,49,54H,3,24-25,40H2,1-2H3. The van der Waals surface area contributed by atoms with Gasteiger partial charge in [-0.2, -0.15) is 0 Å². The molecule has 9 aromatic carbocycles. The van der Waals surface area contributed by atoms with E-state index >= 15 is 0 Å². The summed E-state index contributed by atoms with van der Waals surface area (Å²) < 4.78 is 2.41. The summed E-state index contributed by atoms with van der Waals surface area (Å²) in [7, 11) is 0. The molecule has 2 nitrogen and oxygen atoms in total. The summed E-state index contributed by atoms with van der Waals surface area (Å²) >= 11 is 0. The van der Waals surface area contributed by atoms with Crippen molar-refractivity contribution in [2.75, 3.05) is 4.90 Å². The lowest BCUT2D eigenvalue weighted by Crippen LogP contribution is -2.10. The fourth-order valence-corrected chi connectivity index (χ4v) is 10.8. The summed E-state index contributed by atoms with van der Waals surface area (Å²) in [5, 5.41) is 5.01. The van der Waals surface area contributed by atoms with Crippen LogP contribution in [0.2, 0.25) is 0 Å². The van der Waals surface area contributed by atoms with Crippen LogP contribution in [-0.4, -0.2) is 4.57 Å². The number of para-hydroxylation sites is 2. The average Bonchev–Trinajstić information content (AvgIpc) is 3.93. The molecule has 1 aliphatic carbocycles. The van der Waals surface area contributed by atoms with E-state index in [1.807, 2.05) is 0 Å². The number of hydrogen-bond donors (Lipinski definition) is 0. The van der Waals surface area contributed by atoms with Crippen molar-refractivity contribution in [3.05, 3.63) is 218 Å². The van der Waals surface area contributed by atoms with Crippen molar-refractivity contribution in [3.8, 4) is 39.1 Å². The molecule has 0 N–H and O–H groups in total. The Hall–Kier alpha value is -7.16. The summed E-state index contributed by atoms with van der Waals surface area (Å²) in [5.74, 6) is 2.31. The second-order valence-electron chi connectivity index (χ2n) is 17.7. The van der Waals surface area contributed by atoms with Gasteiger partial charge in [0, 0.05) is 33.5 Å². The third kappa shape index (κ3) is 7.20. The Kier molecular flexibility index (Phi) is 10.2. The summed E-state index contributed by atoms with van der Waals surface area (Å²) in [6, 6.07) is 78.4. The smallest absolute Gasteiger partial charge is 0.0561 e. The van der Waals surface area contributed by atoms with E-state index in [1.165, 1.54) is 97.2 Å². The molecule has 0 amide bonds. The molecule has 1 aliphatic rings. The maximum atomic E-state index is 2.42. The van der Waals surface area contributed by atoms with Crippen LogP contribution in [0.3, 0.4) is 0 Å². The highest BCUT2D eigenvalue weighted by atomic mass is 15.1. The molecule has 3 atom stereocenters. The summed E-state index contributed by atoms with van der Waals surface area (Å²) in [6.07, 6.45) is 5.30. The third-order valence-corrected chi connectivity index (χ3v) is 13.9. The zero-order valence-corrected chi connectivity index (χ0v) is 36.2. The third-order valence-electron chi connectivity index (χ3n) is 13.9. The molecule has 1 heterocycles. The molecule has 0 bridgehead atoms. The van der Waals surface area contributed by atoms with Gasteiger partial charge in [0.05, 0.1) is 11.0 Å². The highest BCUT2D eigenvalue weighted by Crippen LogP contribution is 2.44. The van der Waals surface area contributed by atoms with Crippen molar-refractivity contribution in [2.24, 2.45) is 11.8 Å². The van der Waals surface area contributed by atoms with Gasteiger partial charge in [-0.15, -0.1) is 0 Å². The first-order chi connectivity index (χ1) is 31.1. The number of nitrogens with zero attached hydrogens (tertiary/aromatic N) is 2. The summed E-state index contributed by atoms with van der Waals surface area (Å²) in [5.41, 5.74) is 15.7. The van der Waals surface area contributed by atoms with E-state index in [2.05, 4.69) is 236 Å². The molecule has 1 aromatic heterocycles. The minimum Gasteiger partial charge on any atom is -0.310 e. The Balaban J connectivity index is 1.01. The minimum absolute atomic E-state index is 0.649. The maximum Gasteiger partial charge on any atom is 0.0561 e. The Morgan fingerprint density at radius 2 is 1.05 bits per heavy atom. The number of anilines is 3. The topological polar surface area (TPSA) is 8.17 Å². The first kappa shape index (κ1) is 38.7. The highest BCUT2D eigenvalue weighted by molar-refractivity contribution is 6.10. The van der Waals surface area contributed by atoms with Crippen molar-refractivity contribution in [3.63, 3.8) is 0 Å². The Labute approximate surface area is 371 Å². The number of hydrogen-bond acceptors (Lipinski definition) is 1. The van der Waals surface area contributed by atoms with Gasteiger partial charge in [0.15, 0.2) is 0 Å². The summed E-state index contributed by atoms with van der Waals surface area (Å²) in [6.45, 7) is 4.79. The zero-order valence-electron chi connectivity index (χ0n) is 36.2. The Bertz CT molecular complexity index is 3170. The van der Waals surface area contributed by atoms with E-state index in [9.17, 15) is 0 Å². The summed E-state index contributed by atoms with van der Waals surface area (Å²) in [4.78, 5) is 2.41. The molecule has 11 rings (SSSR count). The minimum atomic E-state index is 0.649. The van der Waals surface area contributed by atoms with Gasteiger partial charge >= 0.3 is 0 Å². The van der Waals surface area contributed by atoms with E-state index in [-0.39, 0.29) is 0 Å². The average molecular weight is 813 g/mol. The monoisotopic (exact) mass is 812 g/mol. The van der Waals surface area contributed by atoms with E-state index in [4.69, 9.17) is 0 Å². The molecular weight excluding hydrogens is 761 g/mol. The molecule has 0 radical (unpaired) electrons. The molecule has 1 saturated carbocycles. The molecule has 306 valence electrons. The second-order valence-corrected chi connectivity index (χ2v) is 17.7. The van der Waals surface area contributed by atoms with Crippen molar-refractivity contribution in [2.45, 2.75) is 45.4 Å². The zero-order chi connectivity index (χ0) is 42.3. The molecule has 2 heteroatoms. The van der Waals surface area contributed by atoms with Crippen LogP contribution < -0.4 is 4.90 Å². The predicted octanol–water partition coefficient (Wildman–Crippen LogP) is 17.3. The number of aromatic nitrogens is 1. The largest absolute Gasteiger partial charge is 0.310 e. The van der Waals surface area contributed by atoms with E-state index < -0.39 is 0 Å². The van der Waals surface area contributed by atoms with Gasteiger partial charge in [0.1, 0.15) is 0 Å². The first-order valence-electron chi connectivity index (χ1n) is 22.9. The van der Waals surface area contributed by atoms with Crippen molar-refractivity contribution < 1.29 is 0 Å². The van der Waals surface area contributed by atoms with E-state index in [0.29, 0.717) is 5.92 Å². The first-order valence-corrected chi connectivity index (χ1v) is 22.9. The number of benzene rings is 9.